The standard InChI is InChI=1S/C18H23BrN2O5/c1-5-24-13-9-11(8-12(19)16(13)25-6-2)15-14(17(22)26-7-3)10(4)20-18(23)21-15/h8-9,15H,5-7H2,1-4H3,(H2,20,21,23). The highest BCUT2D eigenvalue weighted by molar-refractivity contribution is 9.10. The number of rotatable bonds is 7. The number of carbonyl (C=O) groups is 2. The van der Waals surface area contributed by atoms with Crippen molar-refractivity contribution in [3.8, 4) is 11.5 Å². The number of urea groups is 1. The first-order chi connectivity index (χ1) is 12.4. The molecule has 0 aliphatic carbocycles. The van der Waals surface area contributed by atoms with Gasteiger partial charge in [0.25, 0.3) is 0 Å². The van der Waals surface area contributed by atoms with Gasteiger partial charge in [-0.3, -0.25) is 0 Å². The van der Waals surface area contributed by atoms with Gasteiger partial charge in [-0.25, -0.2) is 9.59 Å². The Morgan fingerprint density at radius 2 is 1.85 bits per heavy atom. The van der Waals surface area contributed by atoms with Crippen LogP contribution in [0.5, 0.6) is 11.5 Å². The third-order valence-electron chi connectivity index (χ3n) is 3.72. The van der Waals surface area contributed by atoms with Crippen LogP contribution < -0.4 is 20.1 Å². The first-order valence-corrected chi connectivity index (χ1v) is 9.26. The van der Waals surface area contributed by atoms with Crippen molar-refractivity contribution in [3.05, 3.63) is 33.4 Å². The first kappa shape index (κ1) is 20.1. The number of amides is 2. The summed E-state index contributed by atoms with van der Waals surface area (Å²) in [5.41, 5.74) is 1.49. The summed E-state index contributed by atoms with van der Waals surface area (Å²) in [4.78, 5) is 24.4. The van der Waals surface area contributed by atoms with Gasteiger partial charge in [0.05, 0.1) is 35.9 Å². The molecule has 26 heavy (non-hydrogen) atoms. The van der Waals surface area contributed by atoms with Crippen LogP contribution in [0.3, 0.4) is 0 Å². The van der Waals surface area contributed by atoms with E-state index in [9.17, 15) is 9.59 Å². The first-order valence-electron chi connectivity index (χ1n) is 8.47. The van der Waals surface area contributed by atoms with E-state index in [2.05, 4.69) is 26.6 Å². The lowest BCUT2D eigenvalue weighted by Gasteiger charge is -2.28. The van der Waals surface area contributed by atoms with Crippen molar-refractivity contribution < 1.29 is 23.8 Å². The Morgan fingerprint density at radius 3 is 2.46 bits per heavy atom. The van der Waals surface area contributed by atoms with E-state index in [4.69, 9.17) is 14.2 Å². The third kappa shape index (κ3) is 4.30. The third-order valence-corrected chi connectivity index (χ3v) is 4.31. The Morgan fingerprint density at radius 1 is 1.15 bits per heavy atom. The molecule has 1 aliphatic rings. The van der Waals surface area contributed by atoms with Crippen molar-refractivity contribution in [2.24, 2.45) is 0 Å². The van der Waals surface area contributed by atoms with Gasteiger partial charge < -0.3 is 24.8 Å². The molecule has 0 saturated carbocycles. The molecule has 1 heterocycles. The zero-order chi connectivity index (χ0) is 19.3. The van der Waals surface area contributed by atoms with Gasteiger partial charge in [-0.2, -0.15) is 0 Å². The summed E-state index contributed by atoms with van der Waals surface area (Å²) < 4.78 is 17.2. The summed E-state index contributed by atoms with van der Waals surface area (Å²) in [7, 11) is 0. The van der Waals surface area contributed by atoms with E-state index in [1.807, 2.05) is 13.8 Å². The molecule has 8 heteroatoms. The predicted molar refractivity (Wildman–Crippen MR) is 100 cm³/mol. The number of carbonyl (C=O) groups excluding carboxylic acids is 2. The van der Waals surface area contributed by atoms with Gasteiger partial charge in [-0.15, -0.1) is 0 Å². The van der Waals surface area contributed by atoms with Crippen molar-refractivity contribution >= 4 is 27.9 Å². The van der Waals surface area contributed by atoms with Crippen LogP contribution in [0.1, 0.15) is 39.3 Å². The SMILES string of the molecule is CCOC(=O)C1=C(C)NC(=O)NC1c1cc(Br)c(OCC)c(OCC)c1. The predicted octanol–water partition coefficient (Wildman–Crippen LogP) is 3.44. The van der Waals surface area contributed by atoms with Crippen LogP contribution in [0.15, 0.2) is 27.9 Å². The molecule has 142 valence electrons. The lowest BCUT2D eigenvalue weighted by Crippen LogP contribution is -2.45. The number of allylic oxidation sites excluding steroid dienone is 1. The topological polar surface area (TPSA) is 85.9 Å². The van der Waals surface area contributed by atoms with E-state index in [1.165, 1.54) is 0 Å². The van der Waals surface area contributed by atoms with Crippen LogP contribution in [-0.4, -0.2) is 31.8 Å². The molecule has 7 nitrogen and oxygen atoms in total. The minimum absolute atomic E-state index is 0.243. The molecular weight excluding hydrogens is 404 g/mol. The summed E-state index contributed by atoms with van der Waals surface area (Å²) >= 11 is 3.49. The summed E-state index contributed by atoms with van der Waals surface area (Å²) in [6.07, 6.45) is 0. The highest BCUT2D eigenvalue weighted by atomic mass is 79.9. The van der Waals surface area contributed by atoms with E-state index in [0.717, 1.165) is 0 Å². The minimum Gasteiger partial charge on any atom is -0.490 e. The Hall–Kier alpha value is -2.22. The molecule has 0 fully saturated rings. The Bertz CT molecular complexity index is 733. The fraction of sp³-hybridized carbons (Fsp3) is 0.444. The molecule has 2 rings (SSSR count). The average molecular weight is 427 g/mol. The fourth-order valence-corrected chi connectivity index (χ4v) is 3.30. The fourth-order valence-electron chi connectivity index (χ4n) is 2.73. The van der Waals surface area contributed by atoms with E-state index in [-0.39, 0.29) is 12.6 Å². The molecule has 1 aromatic rings. The van der Waals surface area contributed by atoms with Crippen LogP contribution >= 0.6 is 15.9 Å². The second-order valence-corrected chi connectivity index (χ2v) is 6.34. The summed E-state index contributed by atoms with van der Waals surface area (Å²) in [5.74, 6) is 0.634. The second kappa shape index (κ2) is 8.93. The molecule has 0 spiro atoms. The molecule has 0 saturated heterocycles. The molecule has 2 amide bonds. The highest BCUT2D eigenvalue weighted by Crippen LogP contribution is 2.40. The van der Waals surface area contributed by atoms with Crippen LogP contribution in [0.25, 0.3) is 0 Å². The Balaban J connectivity index is 2.54. The molecule has 2 N–H and O–H groups in total. The van der Waals surface area contributed by atoms with Gasteiger partial charge in [0.15, 0.2) is 11.5 Å². The molecule has 1 atom stereocenters. The van der Waals surface area contributed by atoms with Crippen molar-refractivity contribution in [2.75, 3.05) is 19.8 Å². The Labute approximate surface area is 161 Å². The molecule has 1 aliphatic heterocycles. The molecule has 1 aromatic carbocycles. The van der Waals surface area contributed by atoms with Crippen LogP contribution in [0.2, 0.25) is 0 Å². The number of nitrogens with one attached hydrogen (secondary N) is 2. The quantitative estimate of drug-likeness (QED) is 0.652. The molecular formula is C18H23BrN2O5. The molecule has 0 bridgehead atoms. The summed E-state index contributed by atoms with van der Waals surface area (Å²) in [6, 6.07) is 2.52. The zero-order valence-electron chi connectivity index (χ0n) is 15.3. The zero-order valence-corrected chi connectivity index (χ0v) is 16.9. The number of hydrogen-bond donors (Lipinski definition) is 2. The number of esters is 1. The summed E-state index contributed by atoms with van der Waals surface area (Å²) in [6.45, 7) is 8.34. The van der Waals surface area contributed by atoms with Gasteiger partial charge in [-0.05, 0) is 61.3 Å². The molecule has 0 aromatic heterocycles. The normalized spacial score (nSPS) is 16.7. The van der Waals surface area contributed by atoms with E-state index in [1.54, 1.807) is 26.0 Å². The smallest absolute Gasteiger partial charge is 0.338 e. The maximum atomic E-state index is 12.4. The number of halogens is 1. The van der Waals surface area contributed by atoms with Gasteiger partial charge in [0.2, 0.25) is 0 Å². The van der Waals surface area contributed by atoms with Gasteiger partial charge in [-0.1, -0.05) is 0 Å². The van der Waals surface area contributed by atoms with Crippen molar-refractivity contribution in [3.63, 3.8) is 0 Å². The van der Waals surface area contributed by atoms with Crippen molar-refractivity contribution in [1.29, 1.82) is 0 Å². The second-order valence-electron chi connectivity index (χ2n) is 5.49. The number of benzene rings is 1. The maximum Gasteiger partial charge on any atom is 0.338 e. The van der Waals surface area contributed by atoms with Crippen LogP contribution in [0, 0.1) is 0 Å². The lowest BCUT2D eigenvalue weighted by atomic mass is 9.95. The van der Waals surface area contributed by atoms with Gasteiger partial charge in [0, 0.05) is 5.70 Å². The number of hydrogen-bond acceptors (Lipinski definition) is 5. The largest absolute Gasteiger partial charge is 0.490 e. The monoisotopic (exact) mass is 426 g/mol. The molecule has 1 unspecified atom stereocenters. The van der Waals surface area contributed by atoms with E-state index < -0.39 is 12.0 Å². The van der Waals surface area contributed by atoms with Gasteiger partial charge >= 0.3 is 12.0 Å². The summed E-state index contributed by atoms with van der Waals surface area (Å²) in [5, 5.41) is 5.39. The highest BCUT2D eigenvalue weighted by Gasteiger charge is 2.33. The maximum absolute atomic E-state index is 12.4. The lowest BCUT2D eigenvalue weighted by molar-refractivity contribution is -0.139. The van der Waals surface area contributed by atoms with Gasteiger partial charge in [0.1, 0.15) is 0 Å². The number of ether oxygens (including phenoxy) is 3. The Kier molecular flexibility index (Phi) is 6.90. The van der Waals surface area contributed by atoms with Crippen molar-refractivity contribution in [1.82, 2.24) is 10.6 Å². The van der Waals surface area contributed by atoms with E-state index >= 15 is 0 Å². The van der Waals surface area contributed by atoms with Crippen LogP contribution in [-0.2, 0) is 9.53 Å². The molecule has 0 radical (unpaired) electrons. The minimum atomic E-state index is -0.658. The van der Waals surface area contributed by atoms with Crippen molar-refractivity contribution in [2.45, 2.75) is 33.7 Å². The van der Waals surface area contributed by atoms with E-state index in [0.29, 0.717) is 46.0 Å². The van der Waals surface area contributed by atoms with Crippen LogP contribution in [0.4, 0.5) is 4.79 Å². The average Bonchev–Trinajstić information content (AvgIpc) is 2.57.